The van der Waals surface area contributed by atoms with Crippen LogP contribution < -0.4 is 0 Å². The van der Waals surface area contributed by atoms with E-state index >= 15 is 0 Å². The Morgan fingerprint density at radius 1 is 1.16 bits per heavy atom. The topological polar surface area (TPSA) is 63.6 Å². The van der Waals surface area contributed by atoms with Crippen LogP contribution in [-0.4, -0.2) is 30.1 Å². The van der Waals surface area contributed by atoms with Crippen molar-refractivity contribution in [3.8, 4) is 0 Å². The van der Waals surface area contributed by atoms with Crippen LogP contribution in [0.25, 0.3) is 0 Å². The van der Waals surface area contributed by atoms with E-state index in [1.807, 2.05) is 6.92 Å². The van der Waals surface area contributed by atoms with Crippen LogP contribution in [0.15, 0.2) is 11.6 Å². The minimum Gasteiger partial charge on any atom is -0.469 e. The molecule has 0 amide bonds. The highest BCUT2D eigenvalue weighted by Crippen LogP contribution is 2.68. The second-order valence-electron chi connectivity index (χ2n) is 11.7. The molecule has 4 fully saturated rings. The summed E-state index contributed by atoms with van der Waals surface area (Å²) in [5.74, 6) is 2.57. The predicted octanol–water partition coefficient (Wildman–Crippen LogP) is 5.33. The molecule has 0 aromatic carbocycles. The number of fused-ring (bicyclic) bond motifs is 5. The first-order chi connectivity index (χ1) is 14.7. The van der Waals surface area contributed by atoms with E-state index < -0.39 is 0 Å². The number of aliphatic hydroxyl groups excluding tert-OH is 1. The first kappa shape index (κ1) is 23.0. The summed E-state index contributed by atoms with van der Waals surface area (Å²) < 4.78 is 4.87. The Morgan fingerprint density at radius 2 is 1.84 bits per heavy atom. The van der Waals surface area contributed by atoms with Crippen LogP contribution in [0.1, 0.15) is 85.5 Å². The number of rotatable bonds is 4. The zero-order valence-corrected chi connectivity index (χ0v) is 20.2. The first-order valence-corrected chi connectivity index (χ1v) is 12.6. The Morgan fingerprint density at radius 3 is 2.52 bits per heavy atom. The van der Waals surface area contributed by atoms with E-state index in [1.165, 1.54) is 20.0 Å². The lowest BCUT2D eigenvalue weighted by Crippen LogP contribution is -2.58. The van der Waals surface area contributed by atoms with Crippen LogP contribution in [-0.2, 0) is 14.3 Å². The molecule has 174 valence electrons. The Balaban J connectivity index is 1.61. The summed E-state index contributed by atoms with van der Waals surface area (Å²) in [6, 6.07) is 0. The van der Waals surface area contributed by atoms with Crippen LogP contribution in [0.3, 0.4) is 0 Å². The molecule has 31 heavy (non-hydrogen) atoms. The molecule has 4 aliphatic rings. The summed E-state index contributed by atoms with van der Waals surface area (Å²) in [5, 5.41) is 10.4. The predicted molar refractivity (Wildman–Crippen MR) is 121 cm³/mol. The minimum atomic E-state index is -0.266. The molecule has 4 saturated carbocycles. The summed E-state index contributed by atoms with van der Waals surface area (Å²) in [6.45, 7) is 9.18. The second-order valence-corrected chi connectivity index (χ2v) is 11.7. The van der Waals surface area contributed by atoms with Gasteiger partial charge in [-0.2, -0.15) is 0 Å². The average Bonchev–Trinajstić information content (AvgIpc) is 3.10. The molecule has 1 N–H and O–H groups in total. The quantitative estimate of drug-likeness (QED) is 0.484. The lowest BCUT2D eigenvalue weighted by Gasteiger charge is -2.61. The number of hydrogen-bond acceptors (Lipinski definition) is 4. The van der Waals surface area contributed by atoms with Gasteiger partial charge >= 0.3 is 5.97 Å². The van der Waals surface area contributed by atoms with Crippen molar-refractivity contribution in [1.29, 1.82) is 0 Å². The van der Waals surface area contributed by atoms with E-state index in [1.54, 1.807) is 0 Å². The number of hydrogen-bond donors (Lipinski definition) is 1. The Kier molecular flexibility index (Phi) is 6.17. The maximum absolute atomic E-state index is 13.9. The van der Waals surface area contributed by atoms with Crippen LogP contribution in [0, 0.1) is 46.3 Å². The molecule has 0 spiro atoms. The molecular weight excluding hydrogens is 388 g/mol. The normalized spacial score (nSPS) is 46.8. The molecule has 4 heteroatoms. The maximum Gasteiger partial charge on any atom is 0.305 e. The molecule has 0 saturated heterocycles. The van der Waals surface area contributed by atoms with Crippen molar-refractivity contribution in [3.05, 3.63) is 11.6 Å². The highest BCUT2D eigenvalue weighted by atomic mass is 16.5. The maximum atomic E-state index is 13.9. The number of esters is 1. The monoisotopic (exact) mass is 430 g/mol. The molecule has 9 atom stereocenters. The van der Waals surface area contributed by atoms with Gasteiger partial charge in [0.25, 0.3) is 0 Å². The van der Waals surface area contributed by atoms with Gasteiger partial charge < -0.3 is 9.84 Å². The standard InChI is InChI=1S/C27H42O4/c1-6-18-22-15-17(28)11-13-27(22,4)21-12-14-26(3)19(16(2)7-10-23(29)31-5)8-9-20(26)24(21)25(18)30/h6,16-17,19-22,24,28H,7-15H2,1-5H3/t16-,17-,19-,20+,21+,22?,24+,26-,27-/m1/s1. The number of aliphatic hydroxyl groups is 1. The van der Waals surface area contributed by atoms with Gasteiger partial charge in [-0.05, 0) is 104 Å². The number of methoxy groups -OCH3 is 1. The SMILES string of the molecule is CC=C1C(=O)[C@H]2[C@@H]3CC[C@H]([C@H](C)CCC(=O)OC)[C@@]3(C)CC[C@@H]2[C@@]2(C)CC[C@@H](O)CC12. The molecule has 4 rings (SSSR count). The first-order valence-electron chi connectivity index (χ1n) is 12.6. The Labute approximate surface area is 188 Å². The second kappa shape index (κ2) is 8.32. The van der Waals surface area contributed by atoms with Gasteiger partial charge in [0.15, 0.2) is 5.78 Å². The number of ketones is 1. The van der Waals surface area contributed by atoms with Crippen LogP contribution in [0.5, 0.6) is 0 Å². The fraction of sp³-hybridized carbons (Fsp3) is 0.852. The molecule has 1 unspecified atom stereocenters. The van der Waals surface area contributed by atoms with E-state index in [4.69, 9.17) is 4.74 Å². The smallest absolute Gasteiger partial charge is 0.305 e. The Bertz CT molecular complexity index is 756. The van der Waals surface area contributed by atoms with Gasteiger partial charge in [-0.25, -0.2) is 0 Å². The fourth-order valence-electron chi connectivity index (χ4n) is 8.81. The third kappa shape index (κ3) is 3.52. The van der Waals surface area contributed by atoms with E-state index in [2.05, 4.69) is 26.8 Å². The third-order valence-electron chi connectivity index (χ3n) is 10.5. The van der Waals surface area contributed by atoms with Crippen molar-refractivity contribution in [2.75, 3.05) is 7.11 Å². The molecule has 0 aliphatic heterocycles. The highest BCUT2D eigenvalue weighted by molar-refractivity contribution is 5.99. The van der Waals surface area contributed by atoms with E-state index in [9.17, 15) is 14.7 Å². The summed E-state index contributed by atoms with van der Waals surface area (Å²) in [6.07, 6.45) is 10.4. The van der Waals surface area contributed by atoms with Crippen LogP contribution >= 0.6 is 0 Å². The van der Waals surface area contributed by atoms with Gasteiger partial charge in [-0.15, -0.1) is 0 Å². The Hall–Kier alpha value is -1.16. The van der Waals surface area contributed by atoms with Crippen molar-refractivity contribution < 1.29 is 19.4 Å². The third-order valence-corrected chi connectivity index (χ3v) is 10.5. The summed E-state index contributed by atoms with van der Waals surface area (Å²) >= 11 is 0. The summed E-state index contributed by atoms with van der Waals surface area (Å²) in [5.41, 5.74) is 1.33. The van der Waals surface area contributed by atoms with Gasteiger partial charge in [-0.3, -0.25) is 9.59 Å². The number of carbonyl (C=O) groups is 2. The van der Waals surface area contributed by atoms with Crippen molar-refractivity contribution in [1.82, 2.24) is 0 Å². The molecule has 0 radical (unpaired) electrons. The molecule has 0 heterocycles. The van der Waals surface area contributed by atoms with E-state index in [0.29, 0.717) is 35.9 Å². The zero-order chi connectivity index (χ0) is 22.6. The van der Waals surface area contributed by atoms with E-state index in [0.717, 1.165) is 44.1 Å². The fourth-order valence-corrected chi connectivity index (χ4v) is 8.81. The van der Waals surface area contributed by atoms with Crippen molar-refractivity contribution in [3.63, 3.8) is 0 Å². The summed E-state index contributed by atoms with van der Waals surface area (Å²) in [7, 11) is 1.47. The van der Waals surface area contributed by atoms with Gasteiger partial charge in [0.05, 0.1) is 13.2 Å². The summed E-state index contributed by atoms with van der Waals surface area (Å²) in [4.78, 5) is 25.6. The van der Waals surface area contributed by atoms with Crippen molar-refractivity contribution in [2.24, 2.45) is 46.3 Å². The van der Waals surface area contributed by atoms with Crippen molar-refractivity contribution in [2.45, 2.75) is 91.6 Å². The van der Waals surface area contributed by atoms with Crippen LogP contribution in [0.2, 0.25) is 0 Å². The number of Topliss-reactive ketones (excluding diaryl/α,β-unsaturated/α-hetero) is 1. The molecular formula is C27H42O4. The lowest BCUT2D eigenvalue weighted by molar-refractivity contribution is -0.150. The van der Waals surface area contributed by atoms with Gasteiger partial charge in [0.1, 0.15) is 0 Å². The minimum absolute atomic E-state index is 0.117. The van der Waals surface area contributed by atoms with Crippen LogP contribution in [0.4, 0.5) is 0 Å². The van der Waals surface area contributed by atoms with Gasteiger partial charge in [-0.1, -0.05) is 26.8 Å². The number of ether oxygens (including phenoxy) is 1. The number of carbonyl (C=O) groups excluding carboxylic acids is 2. The van der Waals surface area contributed by atoms with Crippen molar-refractivity contribution >= 4 is 11.8 Å². The molecule has 0 bridgehead atoms. The molecule has 0 aromatic rings. The average molecular weight is 431 g/mol. The number of allylic oxidation sites excluding steroid dienone is 2. The zero-order valence-electron chi connectivity index (χ0n) is 20.2. The molecule has 4 nitrogen and oxygen atoms in total. The van der Waals surface area contributed by atoms with E-state index in [-0.39, 0.29) is 34.7 Å². The largest absolute Gasteiger partial charge is 0.469 e. The lowest BCUT2D eigenvalue weighted by atomic mass is 9.43. The van der Waals surface area contributed by atoms with Gasteiger partial charge in [0.2, 0.25) is 0 Å². The molecule has 0 aromatic heterocycles. The highest BCUT2D eigenvalue weighted by Gasteiger charge is 2.64. The van der Waals surface area contributed by atoms with Gasteiger partial charge in [0, 0.05) is 12.3 Å². The molecule has 4 aliphatic carbocycles.